The molecule has 0 saturated carbocycles. The van der Waals surface area contributed by atoms with Crippen LogP contribution in [0, 0.1) is 0 Å². The van der Waals surface area contributed by atoms with Crippen molar-refractivity contribution in [3.63, 3.8) is 0 Å². The Hall–Kier alpha value is -3.15. The van der Waals surface area contributed by atoms with E-state index in [2.05, 4.69) is 36.1 Å². The summed E-state index contributed by atoms with van der Waals surface area (Å²) >= 11 is 0. The summed E-state index contributed by atoms with van der Waals surface area (Å²) in [5, 5.41) is 11.9. The molecule has 0 unspecified atom stereocenters. The van der Waals surface area contributed by atoms with Crippen LogP contribution in [0.2, 0.25) is 0 Å². The maximum Gasteiger partial charge on any atom is 0.337 e. The number of carboxylic acids is 1. The van der Waals surface area contributed by atoms with E-state index in [1.165, 1.54) is 6.07 Å². The standard InChI is InChI=1S/C19H19N3O3/c1-19(2,3)12-9-7-11(8-10-12)16(23)22-18-20-14-6-4-5-13(17(24)25)15(14)21-18/h4-10H,1-3H3,(H,24,25)(H2,20,21,22,23). The number of hydrogen-bond donors (Lipinski definition) is 3. The molecule has 0 atom stereocenters. The lowest BCUT2D eigenvalue weighted by molar-refractivity contribution is 0.0698. The summed E-state index contributed by atoms with van der Waals surface area (Å²) in [5.74, 6) is -1.14. The first-order valence-electron chi connectivity index (χ1n) is 7.89. The van der Waals surface area contributed by atoms with Crippen molar-refractivity contribution in [3.05, 3.63) is 59.2 Å². The molecule has 2 aromatic carbocycles. The number of amides is 1. The number of carbonyl (C=O) groups excluding carboxylic acids is 1. The van der Waals surface area contributed by atoms with Crippen LogP contribution in [0.15, 0.2) is 42.5 Å². The normalized spacial score (nSPS) is 11.5. The van der Waals surface area contributed by atoms with Crippen molar-refractivity contribution < 1.29 is 14.7 Å². The molecule has 0 fully saturated rings. The minimum Gasteiger partial charge on any atom is -0.478 e. The summed E-state index contributed by atoms with van der Waals surface area (Å²) in [6.45, 7) is 6.32. The maximum absolute atomic E-state index is 12.4. The van der Waals surface area contributed by atoms with Gasteiger partial charge in [-0.05, 0) is 35.2 Å². The van der Waals surface area contributed by atoms with E-state index < -0.39 is 5.97 Å². The van der Waals surface area contributed by atoms with Crippen LogP contribution < -0.4 is 5.32 Å². The lowest BCUT2D eigenvalue weighted by Gasteiger charge is -2.18. The molecule has 1 aromatic heterocycles. The molecule has 128 valence electrons. The Morgan fingerprint density at radius 3 is 2.36 bits per heavy atom. The zero-order valence-corrected chi connectivity index (χ0v) is 14.3. The molecule has 6 nitrogen and oxygen atoms in total. The number of carbonyl (C=O) groups is 2. The van der Waals surface area contributed by atoms with Crippen molar-refractivity contribution in [3.8, 4) is 0 Å². The molecule has 0 radical (unpaired) electrons. The number of nitrogens with zero attached hydrogens (tertiary/aromatic N) is 1. The molecule has 0 spiro atoms. The second kappa shape index (κ2) is 6.05. The summed E-state index contributed by atoms with van der Waals surface area (Å²) in [6, 6.07) is 12.2. The summed E-state index contributed by atoms with van der Waals surface area (Å²) in [6.07, 6.45) is 0. The first-order valence-corrected chi connectivity index (χ1v) is 7.89. The van der Waals surface area contributed by atoms with Gasteiger partial charge in [-0.1, -0.05) is 39.0 Å². The van der Waals surface area contributed by atoms with Crippen molar-refractivity contribution in [1.82, 2.24) is 9.97 Å². The summed E-state index contributed by atoms with van der Waals surface area (Å²) < 4.78 is 0. The minimum absolute atomic E-state index is 0.0149. The van der Waals surface area contributed by atoms with Crippen LogP contribution in [0.3, 0.4) is 0 Å². The number of rotatable bonds is 3. The number of nitrogens with one attached hydrogen (secondary N) is 2. The molecule has 3 N–H and O–H groups in total. The van der Waals surface area contributed by atoms with E-state index >= 15 is 0 Å². The number of fused-ring (bicyclic) bond motifs is 1. The topological polar surface area (TPSA) is 95.1 Å². The van der Waals surface area contributed by atoms with E-state index in [0.717, 1.165) is 5.56 Å². The molecule has 3 rings (SSSR count). The number of H-pyrrole nitrogens is 1. The van der Waals surface area contributed by atoms with Gasteiger partial charge in [0.25, 0.3) is 5.91 Å². The molecular formula is C19H19N3O3. The fourth-order valence-electron chi connectivity index (χ4n) is 2.57. The van der Waals surface area contributed by atoms with E-state index in [0.29, 0.717) is 16.6 Å². The smallest absolute Gasteiger partial charge is 0.337 e. The molecule has 0 aliphatic rings. The second-order valence-electron chi connectivity index (χ2n) is 6.87. The third kappa shape index (κ3) is 3.38. The highest BCUT2D eigenvalue weighted by molar-refractivity contribution is 6.05. The SMILES string of the molecule is CC(C)(C)c1ccc(C(=O)Nc2nc3cccc(C(=O)O)c3[nH]2)cc1. The zero-order valence-electron chi connectivity index (χ0n) is 14.3. The van der Waals surface area contributed by atoms with Crippen LogP contribution >= 0.6 is 0 Å². The van der Waals surface area contributed by atoms with Gasteiger partial charge in [-0.25, -0.2) is 9.78 Å². The first-order chi connectivity index (χ1) is 11.8. The summed E-state index contributed by atoms with van der Waals surface area (Å²) in [7, 11) is 0. The number of anilines is 1. The second-order valence-corrected chi connectivity index (χ2v) is 6.87. The molecule has 0 bridgehead atoms. The molecule has 0 aliphatic heterocycles. The Labute approximate surface area is 144 Å². The zero-order chi connectivity index (χ0) is 18.2. The molecule has 1 amide bonds. The molecule has 3 aromatic rings. The van der Waals surface area contributed by atoms with Crippen LogP contribution in [0.1, 0.15) is 47.1 Å². The third-order valence-electron chi connectivity index (χ3n) is 3.99. The predicted octanol–water partition coefficient (Wildman–Crippen LogP) is 3.81. The van der Waals surface area contributed by atoms with Gasteiger partial charge in [0.1, 0.15) is 0 Å². The monoisotopic (exact) mass is 337 g/mol. The number of carboxylic acid groups (broad SMARTS) is 1. The van der Waals surface area contributed by atoms with Gasteiger partial charge in [0.15, 0.2) is 0 Å². The van der Waals surface area contributed by atoms with Crippen molar-refractivity contribution in [2.75, 3.05) is 5.32 Å². The van der Waals surface area contributed by atoms with E-state index in [1.54, 1.807) is 24.3 Å². The molecule has 25 heavy (non-hydrogen) atoms. The van der Waals surface area contributed by atoms with Gasteiger partial charge in [0.2, 0.25) is 5.95 Å². The number of imidazole rings is 1. The lowest BCUT2D eigenvalue weighted by atomic mass is 9.87. The predicted molar refractivity (Wildman–Crippen MR) is 96.1 cm³/mol. The Bertz CT molecular complexity index is 950. The van der Waals surface area contributed by atoms with Gasteiger partial charge in [0.05, 0.1) is 16.6 Å². The van der Waals surface area contributed by atoms with Gasteiger partial charge in [-0.15, -0.1) is 0 Å². The largest absolute Gasteiger partial charge is 0.478 e. The van der Waals surface area contributed by atoms with Gasteiger partial charge < -0.3 is 10.1 Å². The quantitative estimate of drug-likeness (QED) is 0.677. The van der Waals surface area contributed by atoms with Crippen molar-refractivity contribution >= 4 is 28.9 Å². The van der Waals surface area contributed by atoms with Gasteiger partial charge in [0, 0.05) is 5.56 Å². The molecule has 6 heteroatoms. The summed E-state index contributed by atoms with van der Waals surface area (Å²) in [4.78, 5) is 30.7. The molecule has 1 heterocycles. The van der Waals surface area contributed by atoms with Gasteiger partial charge in [-0.3, -0.25) is 10.1 Å². The van der Waals surface area contributed by atoms with Gasteiger partial charge in [-0.2, -0.15) is 0 Å². The van der Waals surface area contributed by atoms with Crippen LogP contribution in [0.25, 0.3) is 11.0 Å². The fraction of sp³-hybridized carbons (Fsp3) is 0.211. The minimum atomic E-state index is -1.05. The first kappa shape index (κ1) is 16.7. The number of para-hydroxylation sites is 1. The third-order valence-corrected chi connectivity index (χ3v) is 3.99. The average Bonchev–Trinajstić information content (AvgIpc) is 2.96. The van der Waals surface area contributed by atoms with E-state index in [1.807, 2.05) is 12.1 Å². The van der Waals surface area contributed by atoms with Crippen LogP contribution in [-0.4, -0.2) is 27.0 Å². The van der Waals surface area contributed by atoms with Crippen molar-refractivity contribution in [2.24, 2.45) is 0 Å². The van der Waals surface area contributed by atoms with Gasteiger partial charge >= 0.3 is 5.97 Å². The van der Waals surface area contributed by atoms with Crippen LogP contribution in [0.4, 0.5) is 5.95 Å². The van der Waals surface area contributed by atoms with Crippen LogP contribution in [0.5, 0.6) is 0 Å². The number of benzene rings is 2. The Kier molecular flexibility index (Phi) is 4.04. The molecular weight excluding hydrogens is 318 g/mol. The number of aromatic nitrogens is 2. The molecule has 0 saturated heterocycles. The Morgan fingerprint density at radius 2 is 1.76 bits per heavy atom. The maximum atomic E-state index is 12.4. The van der Waals surface area contributed by atoms with Crippen LogP contribution in [-0.2, 0) is 5.41 Å². The number of aromatic amines is 1. The average molecular weight is 337 g/mol. The van der Waals surface area contributed by atoms with E-state index in [9.17, 15) is 14.7 Å². The number of hydrogen-bond acceptors (Lipinski definition) is 3. The summed E-state index contributed by atoms with van der Waals surface area (Å²) in [5.41, 5.74) is 2.64. The Balaban J connectivity index is 1.85. The highest BCUT2D eigenvalue weighted by Crippen LogP contribution is 2.23. The fourth-order valence-corrected chi connectivity index (χ4v) is 2.57. The van der Waals surface area contributed by atoms with Crippen molar-refractivity contribution in [1.29, 1.82) is 0 Å². The highest BCUT2D eigenvalue weighted by Gasteiger charge is 2.16. The Morgan fingerprint density at radius 1 is 1.08 bits per heavy atom. The molecule has 0 aliphatic carbocycles. The van der Waals surface area contributed by atoms with E-state index in [4.69, 9.17) is 0 Å². The lowest BCUT2D eigenvalue weighted by Crippen LogP contribution is -2.15. The highest BCUT2D eigenvalue weighted by atomic mass is 16.4. The van der Waals surface area contributed by atoms with E-state index in [-0.39, 0.29) is 22.8 Å². The van der Waals surface area contributed by atoms with Crippen molar-refractivity contribution in [2.45, 2.75) is 26.2 Å². The number of aromatic carboxylic acids is 1.